The molecule has 0 amide bonds. The molecule has 0 aliphatic heterocycles. The highest BCUT2D eigenvalue weighted by molar-refractivity contribution is 7.80. The van der Waals surface area contributed by atoms with Crippen molar-refractivity contribution in [1.82, 2.24) is 5.32 Å². The zero-order valence-corrected chi connectivity index (χ0v) is 14.2. The van der Waals surface area contributed by atoms with Crippen LogP contribution in [0.25, 0.3) is 0 Å². The molecule has 1 aliphatic rings. The van der Waals surface area contributed by atoms with Gasteiger partial charge in [0.2, 0.25) is 0 Å². The Morgan fingerprint density at radius 1 is 1.10 bits per heavy atom. The van der Waals surface area contributed by atoms with E-state index in [0.29, 0.717) is 5.92 Å². The second-order valence-electron chi connectivity index (χ2n) is 5.89. The van der Waals surface area contributed by atoms with Crippen LogP contribution < -0.4 is 10.2 Å². The first kappa shape index (κ1) is 16.3. The van der Waals surface area contributed by atoms with Gasteiger partial charge in [-0.2, -0.15) is 0 Å². The third-order valence-electron chi connectivity index (χ3n) is 4.51. The number of nitrogens with one attached hydrogen (secondary N) is 1. The quantitative estimate of drug-likeness (QED) is 0.777. The molecule has 2 rings (SSSR count). The van der Waals surface area contributed by atoms with Gasteiger partial charge >= 0.3 is 0 Å². The Kier molecular flexibility index (Phi) is 6.50. The van der Waals surface area contributed by atoms with Crippen molar-refractivity contribution in [3.8, 4) is 0 Å². The van der Waals surface area contributed by atoms with E-state index in [4.69, 9.17) is 12.2 Å². The molecule has 0 unspecified atom stereocenters. The largest absolute Gasteiger partial charge is 0.375 e. The minimum absolute atomic E-state index is 0.615. The molecule has 0 saturated heterocycles. The maximum Gasteiger partial charge on any atom is 0.0787 e. The lowest BCUT2D eigenvalue weighted by molar-refractivity contribution is 0.435. The molecule has 1 aromatic carbocycles. The number of thiocarbonyl (C=S) groups is 1. The smallest absolute Gasteiger partial charge is 0.0787 e. The number of hydrogen-bond acceptors (Lipinski definition) is 2. The molecular formula is C18H28N2S. The van der Waals surface area contributed by atoms with Gasteiger partial charge in [0.25, 0.3) is 0 Å². The van der Waals surface area contributed by atoms with Crippen molar-refractivity contribution in [1.29, 1.82) is 0 Å². The van der Waals surface area contributed by atoms with E-state index in [-0.39, 0.29) is 0 Å². The number of hydrogen-bond donors (Lipinski definition) is 1. The summed E-state index contributed by atoms with van der Waals surface area (Å²) in [6, 6.07) is 8.86. The van der Waals surface area contributed by atoms with Crippen LogP contribution >= 0.6 is 12.2 Å². The van der Waals surface area contributed by atoms with Gasteiger partial charge in [0.05, 0.1) is 4.99 Å². The summed E-state index contributed by atoms with van der Waals surface area (Å²) in [5.74, 6) is 0.615. The summed E-state index contributed by atoms with van der Waals surface area (Å²) in [5.41, 5.74) is 2.61. The molecule has 0 atom stereocenters. The highest BCUT2D eigenvalue weighted by Crippen LogP contribution is 2.24. The predicted octanol–water partition coefficient (Wildman–Crippen LogP) is 4.53. The topological polar surface area (TPSA) is 15.3 Å². The van der Waals surface area contributed by atoms with Crippen LogP contribution in [-0.2, 0) is 6.54 Å². The van der Waals surface area contributed by atoms with E-state index in [9.17, 15) is 0 Å². The van der Waals surface area contributed by atoms with Crippen LogP contribution in [0, 0.1) is 5.92 Å². The molecule has 21 heavy (non-hydrogen) atoms. The summed E-state index contributed by atoms with van der Waals surface area (Å²) in [6.07, 6.45) is 6.60. The zero-order valence-electron chi connectivity index (χ0n) is 13.4. The van der Waals surface area contributed by atoms with Gasteiger partial charge < -0.3 is 10.2 Å². The first-order valence-corrected chi connectivity index (χ1v) is 8.77. The van der Waals surface area contributed by atoms with Crippen molar-refractivity contribution in [2.75, 3.05) is 18.0 Å². The molecule has 1 aromatic rings. The lowest BCUT2D eigenvalue weighted by atomic mass is 9.89. The van der Waals surface area contributed by atoms with Gasteiger partial charge in [-0.15, -0.1) is 0 Å². The second kappa shape index (κ2) is 8.38. The lowest BCUT2D eigenvalue weighted by Crippen LogP contribution is -2.29. The fraction of sp³-hybridized carbons (Fsp3) is 0.611. The Bertz CT molecular complexity index is 431. The van der Waals surface area contributed by atoms with E-state index < -0.39 is 0 Å². The van der Waals surface area contributed by atoms with E-state index in [1.165, 1.54) is 43.4 Å². The highest BCUT2D eigenvalue weighted by atomic mass is 32.1. The Labute approximate surface area is 134 Å². The lowest BCUT2D eigenvalue weighted by Gasteiger charge is -2.23. The summed E-state index contributed by atoms with van der Waals surface area (Å²) >= 11 is 5.56. The number of rotatable bonds is 6. The van der Waals surface area contributed by atoms with Gasteiger partial charge in [0.15, 0.2) is 0 Å². The van der Waals surface area contributed by atoms with Crippen LogP contribution in [0.4, 0.5) is 5.69 Å². The first-order valence-electron chi connectivity index (χ1n) is 8.36. The maximum atomic E-state index is 5.56. The van der Waals surface area contributed by atoms with Crippen molar-refractivity contribution in [2.45, 2.75) is 52.5 Å². The molecule has 1 saturated carbocycles. The van der Waals surface area contributed by atoms with Crippen LogP contribution in [0.3, 0.4) is 0 Å². The standard InChI is InChI=1S/C18H28N2S/c1-3-20(4-2)17-12-10-15(11-13-17)14-19-18(21)16-8-6-5-7-9-16/h10-13,16H,3-9,14H2,1-2H3,(H,19,21). The molecule has 2 nitrogen and oxygen atoms in total. The summed E-state index contributed by atoms with van der Waals surface area (Å²) < 4.78 is 0. The molecule has 1 aliphatic carbocycles. The van der Waals surface area contributed by atoms with Crippen molar-refractivity contribution in [3.63, 3.8) is 0 Å². The zero-order chi connectivity index (χ0) is 15.1. The molecule has 0 radical (unpaired) electrons. The highest BCUT2D eigenvalue weighted by Gasteiger charge is 2.17. The summed E-state index contributed by atoms with van der Waals surface area (Å²) in [6.45, 7) is 7.36. The van der Waals surface area contributed by atoms with Crippen LogP contribution in [0.5, 0.6) is 0 Å². The SMILES string of the molecule is CCN(CC)c1ccc(CNC(=S)C2CCCCC2)cc1. The van der Waals surface area contributed by atoms with E-state index in [0.717, 1.165) is 24.6 Å². The van der Waals surface area contributed by atoms with Gasteiger partial charge in [0, 0.05) is 31.2 Å². The van der Waals surface area contributed by atoms with Crippen molar-refractivity contribution < 1.29 is 0 Å². The Balaban J connectivity index is 1.84. The van der Waals surface area contributed by atoms with Crippen LogP contribution in [0.2, 0.25) is 0 Å². The molecule has 1 N–H and O–H groups in total. The maximum absolute atomic E-state index is 5.56. The van der Waals surface area contributed by atoms with Gasteiger partial charge in [-0.3, -0.25) is 0 Å². The Morgan fingerprint density at radius 2 is 1.71 bits per heavy atom. The summed E-state index contributed by atoms with van der Waals surface area (Å²) in [7, 11) is 0. The molecule has 0 heterocycles. The Hall–Kier alpha value is -1.09. The average Bonchev–Trinajstić information content (AvgIpc) is 2.55. The summed E-state index contributed by atoms with van der Waals surface area (Å²) in [4.78, 5) is 3.44. The molecule has 0 bridgehead atoms. The predicted molar refractivity (Wildman–Crippen MR) is 96.0 cm³/mol. The van der Waals surface area contributed by atoms with Crippen LogP contribution in [0.1, 0.15) is 51.5 Å². The van der Waals surface area contributed by atoms with Crippen molar-refractivity contribution >= 4 is 22.9 Å². The minimum Gasteiger partial charge on any atom is -0.375 e. The van der Waals surface area contributed by atoms with Crippen molar-refractivity contribution in [2.24, 2.45) is 5.92 Å². The van der Waals surface area contributed by atoms with E-state index in [1.54, 1.807) is 0 Å². The fourth-order valence-electron chi connectivity index (χ4n) is 3.11. The third kappa shape index (κ3) is 4.70. The molecule has 116 valence electrons. The van der Waals surface area contributed by atoms with Crippen LogP contribution in [0.15, 0.2) is 24.3 Å². The average molecular weight is 305 g/mol. The molecular weight excluding hydrogens is 276 g/mol. The second-order valence-corrected chi connectivity index (χ2v) is 6.33. The number of benzene rings is 1. The van der Waals surface area contributed by atoms with Crippen LogP contribution in [-0.4, -0.2) is 18.1 Å². The van der Waals surface area contributed by atoms with E-state index in [1.807, 2.05) is 0 Å². The summed E-state index contributed by atoms with van der Waals surface area (Å²) in [5, 5.41) is 3.46. The minimum atomic E-state index is 0.615. The normalized spacial score (nSPS) is 15.7. The van der Waals surface area contributed by atoms with Crippen molar-refractivity contribution in [3.05, 3.63) is 29.8 Å². The van der Waals surface area contributed by atoms with E-state index >= 15 is 0 Å². The van der Waals surface area contributed by atoms with Gasteiger partial charge in [-0.25, -0.2) is 0 Å². The molecule has 1 fully saturated rings. The first-order chi connectivity index (χ1) is 10.2. The fourth-order valence-corrected chi connectivity index (χ4v) is 3.42. The Morgan fingerprint density at radius 3 is 2.29 bits per heavy atom. The third-order valence-corrected chi connectivity index (χ3v) is 4.99. The molecule has 3 heteroatoms. The van der Waals surface area contributed by atoms with Gasteiger partial charge in [-0.1, -0.05) is 43.6 Å². The monoisotopic (exact) mass is 304 g/mol. The molecule has 0 aromatic heterocycles. The van der Waals surface area contributed by atoms with Gasteiger partial charge in [0.1, 0.15) is 0 Å². The number of nitrogens with zero attached hydrogens (tertiary/aromatic N) is 1. The molecule has 0 spiro atoms. The number of anilines is 1. The van der Waals surface area contributed by atoms with E-state index in [2.05, 4.69) is 48.3 Å². The van der Waals surface area contributed by atoms with Gasteiger partial charge in [-0.05, 0) is 44.4 Å².